The minimum Gasteiger partial charge on any atom is -0.495 e. The van der Waals surface area contributed by atoms with Gasteiger partial charge in [-0.1, -0.05) is 20.3 Å². The van der Waals surface area contributed by atoms with E-state index in [-0.39, 0.29) is 22.3 Å². The first-order chi connectivity index (χ1) is 11.1. The second-order valence-electron chi connectivity index (χ2n) is 5.27. The van der Waals surface area contributed by atoms with Crippen LogP contribution in [0.2, 0.25) is 0 Å². The second-order valence-corrected chi connectivity index (χ2v) is 6.80. The van der Waals surface area contributed by atoms with Crippen LogP contribution in [-0.4, -0.2) is 33.5 Å². The van der Waals surface area contributed by atoms with Crippen molar-refractivity contribution in [2.24, 2.45) is 16.8 Å². The van der Waals surface area contributed by atoms with Gasteiger partial charge in [-0.25, -0.2) is 18.4 Å². The van der Waals surface area contributed by atoms with Gasteiger partial charge in [-0.05, 0) is 24.1 Å². The summed E-state index contributed by atoms with van der Waals surface area (Å²) in [6, 6.07) is 2.34. The molecule has 0 aliphatic rings. The number of sulfonamides is 1. The van der Waals surface area contributed by atoms with Crippen molar-refractivity contribution >= 4 is 27.6 Å². The predicted octanol–water partition coefficient (Wildman–Crippen LogP) is 0.364. The molecule has 134 valence electrons. The Labute approximate surface area is 140 Å². The topological polar surface area (TPSA) is 154 Å². The van der Waals surface area contributed by atoms with Crippen LogP contribution in [0.5, 0.6) is 5.75 Å². The summed E-state index contributed by atoms with van der Waals surface area (Å²) >= 11 is 0. The standard InChI is InChI=1S/C14H22N4O5S/c1-4-8(2)12(18-14(15)20)13(19)17-9-5-6-10(23-3)11(7-9)24(16,21)22/h5-8,12H,4H2,1-3H3,(H,17,19)(H3,15,18,20)(H2,16,21,22). The molecule has 0 saturated carbocycles. The molecule has 2 atom stereocenters. The Hall–Kier alpha value is -2.33. The van der Waals surface area contributed by atoms with Crippen molar-refractivity contribution in [3.05, 3.63) is 18.2 Å². The van der Waals surface area contributed by atoms with Gasteiger partial charge >= 0.3 is 6.03 Å². The molecular formula is C14H22N4O5S. The normalized spacial score (nSPS) is 13.7. The zero-order chi connectivity index (χ0) is 18.5. The number of amides is 3. The van der Waals surface area contributed by atoms with Gasteiger partial charge in [0.1, 0.15) is 16.7 Å². The number of hydrogen-bond donors (Lipinski definition) is 4. The fourth-order valence-electron chi connectivity index (χ4n) is 2.05. The third kappa shape index (κ3) is 5.10. The highest BCUT2D eigenvalue weighted by Gasteiger charge is 2.26. The highest BCUT2D eigenvalue weighted by Crippen LogP contribution is 2.26. The van der Waals surface area contributed by atoms with Crippen LogP contribution >= 0.6 is 0 Å². The third-order valence-corrected chi connectivity index (χ3v) is 4.46. The molecule has 0 spiro atoms. The molecule has 10 heteroatoms. The second kappa shape index (κ2) is 7.97. The fraction of sp³-hybridized carbons (Fsp3) is 0.429. The lowest BCUT2D eigenvalue weighted by Gasteiger charge is -2.22. The number of hydrogen-bond acceptors (Lipinski definition) is 5. The summed E-state index contributed by atoms with van der Waals surface area (Å²) < 4.78 is 28.1. The van der Waals surface area contributed by atoms with Crippen molar-refractivity contribution in [3.63, 3.8) is 0 Å². The van der Waals surface area contributed by atoms with Gasteiger partial charge in [0.05, 0.1) is 7.11 Å². The van der Waals surface area contributed by atoms with E-state index in [1.165, 1.54) is 25.3 Å². The van der Waals surface area contributed by atoms with Gasteiger partial charge in [0.15, 0.2) is 0 Å². The van der Waals surface area contributed by atoms with Crippen LogP contribution in [0.1, 0.15) is 20.3 Å². The van der Waals surface area contributed by atoms with Gasteiger partial charge in [0.2, 0.25) is 15.9 Å². The smallest absolute Gasteiger partial charge is 0.312 e. The van der Waals surface area contributed by atoms with Gasteiger partial charge in [0.25, 0.3) is 0 Å². The average molecular weight is 358 g/mol. The molecule has 1 aromatic carbocycles. The summed E-state index contributed by atoms with van der Waals surface area (Å²) in [4.78, 5) is 23.2. The van der Waals surface area contributed by atoms with E-state index in [1.807, 2.05) is 6.92 Å². The Morgan fingerprint density at radius 3 is 2.42 bits per heavy atom. The number of methoxy groups -OCH3 is 1. The minimum absolute atomic E-state index is 0.0595. The number of carbonyl (C=O) groups is 2. The minimum atomic E-state index is -4.03. The zero-order valence-electron chi connectivity index (χ0n) is 13.7. The molecule has 0 radical (unpaired) electrons. The van der Waals surface area contributed by atoms with Crippen molar-refractivity contribution in [2.45, 2.75) is 31.2 Å². The molecule has 2 unspecified atom stereocenters. The molecule has 0 heterocycles. The van der Waals surface area contributed by atoms with E-state index in [4.69, 9.17) is 15.6 Å². The Morgan fingerprint density at radius 1 is 1.33 bits per heavy atom. The quantitative estimate of drug-likeness (QED) is 0.554. The highest BCUT2D eigenvalue weighted by atomic mass is 32.2. The van der Waals surface area contributed by atoms with Crippen LogP contribution in [-0.2, 0) is 14.8 Å². The number of nitrogens with one attached hydrogen (secondary N) is 2. The summed E-state index contributed by atoms with van der Waals surface area (Å²) in [5.41, 5.74) is 5.29. The molecule has 24 heavy (non-hydrogen) atoms. The molecule has 1 aromatic rings. The largest absolute Gasteiger partial charge is 0.495 e. The van der Waals surface area contributed by atoms with Gasteiger partial charge in [-0.2, -0.15) is 0 Å². The van der Waals surface area contributed by atoms with E-state index in [0.717, 1.165) is 0 Å². The monoisotopic (exact) mass is 358 g/mol. The summed E-state index contributed by atoms with van der Waals surface area (Å²) in [7, 11) is -2.73. The number of primary sulfonamides is 1. The summed E-state index contributed by atoms with van der Waals surface area (Å²) in [6.07, 6.45) is 0.628. The Morgan fingerprint density at radius 2 is 1.96 bits per heavy atom. The van der Waals surface area contributed by atoms with Crippen molar-refractivity contribution in [3.8, 4) is 5.75 Å². The molecule has 0 aliphatic carbocycles. The lowest BCUT2D eigenvalue weighted by molar-refractivity contribution is -0.119. The van der Waals surface area contributed by atoms with Crippen LogP contribution < -0.4 is 26.2 Å². The fourth-order valence-corrected chi connectivity index (χ4v) is 2.78. The number of nitrogens with two attached hydrogens (primary N) is 2. The highest BCUT2D eigenvalue weighted by molar-refractivity contribution is 7.89. The summed E-state index contributed by atoms with van der Waals surface area (Å²) in [5, 5.41) is 10.1. The van der Waals surface area contributed by atoms with E-state index in [2.05, 4.69) is 10.6 Å². The first-order valence-electron chi connectivity index (χ1n) is 7.17. The van der Waals surface area contributed by atoms with Crippen LogP contribution in [0.15, 0.2) is 23.1 Å². The Balaban J connectivity index is 3.10. The van der Waals surface area contributed by atoms with Crippen LogP contribution in [0.4, 0.5) is 10.5 Å². The maximum Gasteiger partial charge on any atom is 0.312 e. The third-order valence-electron chi connectivity index (χ3n) is 3.53. The Bertz CT molecular complexity index is 720. The molecule has 0 saturated heterocycles. The zero-order valence-corrected chi connectivity index (χ0v) is 14.5. The van der Waals surface area contributed by atoms with Crippen molar-refractivity contribution in [1.29, 1.82) is 0 Å². The molecule has 0 aromatic heterocycles. The first-order valence-corrected chi connectivity index (χ1v) is 8.72. The number of urea groups is 1. The van der Waals surface area contributed by atoms with Crippen molar-refractivity contribution in [2.75, 3.05) is 12.4 Å². The maximum absolute atomic E-state index is 12.4. The van der Waals surface area contributed by atoms with E-state index in [0.29, 0.717) is 6.42 Å². The molecule has 0 aliphatic heterocycles. The molecule has 0 bridgehead atoms. The number of anilines is 1. The number of benzene rings is 1. The van der Waals surface area contributed by atoms with E-state index in [1.54, 1.807) is 6.92 Å². The predicted molar refractivity (Wildman–Crippen MR) is 89.0 cm³/mol. The summed E-state index contributed by atoms with van der Waals surface area (Å²) in [5.74, 6) is -0.633. The maximum atomic E-state index is 12.4. The SMILES string of the molecule is CCC(C)C(NC(N)=O)C(=O)Nc1ccc(OC)c(S(N)(=O)=O)c1. The molecule has 3 amide bonds. The Kier molecular flexibility index (Phi) is 6.55. The van der Waals surface area contributed by atoms with Crippen LogP contribution in [0.25, 0.3) is 0 Å². The average Bonchev–Trinajstić information content (AvgIpc) is 2.50. The lowest BCUT2D eigenvalue weighted by Crippen LogP contribution is -2.49. The van der Waals surface area contributed by atoms with Crippen LogP contribution in [0, 0.1) is 5.92 Å². The van der Waals surface area contributed by atoms with Crippen molar-refractivity contribution < 1.29 is 22.7 Å². The first kappa shape index (κ1) is 19.7. The number of ether oxygens (including phenoxy) is 1. The molecule has 9 nitrogen and oxygen atoms in total. The number of primary amides is 1. The molecule has 6 N–H and O–H groups in total. The van der Waals surface area contributed by atoms with E-state index >= 15 is 0 Å². The van der Waals surface area contributed by atoms with Gasteiger partial charge in [-0.3, -0.25) is 4.79 Å². The van der Waals surface area contributed by atoms with Gasteiger partial charge < -0.3 is 21.1 Å². The van der Waals surface area contributed by atoms with E-state index < -0.39 is 28.0 Å². The number of carbonyl (C=O) groups excluding carboxylic acids is 2. The molecule has 1 rings (SSSR count). The van der Waals surface area contributed by atoms with Crippen LogP contribution in [0.3, 0.4) is 0 Å². The summed E-state index contributed by atoms with van der Waals surface area (Å²) in [6.45, 7) is 3.64. The van der Waals surface area contributed by atoms with Crippen molar-refractivity contribution in [1.82, 2.24) is 5.32 Å². The van der Waals surface area contributed by atoms with E-state index in [9.17, 15) is 18.0 Å². The van der Waals surface area contributed by atoms with Gasteiger partial charge in [0, 0.05) is 5.69 Å². The molecular weight excluding hydrogens is 336 g/mol. The molecule has 0 fully saturated rings. The van der Waals surface area contributed by atoms with Gasteiger partial charge in [-0.15, -0.1) is 0 Å². The number of rotatable bonds is 7. The lowest BCUT2D eigenvalue weighted by atomic mass is 9.98.